The van der Waals surface area contributed by atoms with Crippen LogP contribution in [0.3, 0.4) is 0 Å². The average Bonchev–Trinajstić information content (AvgIpc) is 3.43. The van der Waals surface area contributed by atoms with Gasteiger partial charge in [0.1, 0.15) is 0 Å². The minimum absolute atomic E-state index is 0.0572. The molecule has 0 bridgehead atoms. The van der Waals surface area contributed by atoms with Crippen molar-refractivity contribution >= 4 is 27.3 Å². The van der Waals surface area contributed by atoms with E-state index in [2.05, 4.69) is 21.0 Å². The number of nitrogens with one attached hydrogen (secondary N) is 2. The van der Waals surface area contributed by atoms with Crippen LogP contribution in [0.15, 0.2) is 46.7 Å². The molecule has 1 aliphatic heterocycles. The smallest absolute Gasteiger partial charge is 0.251 e. The number of nitriles is 1. The summed E-state index contributed by atoms with van der Waals surface area (Å²) >= 11 is 1.69. The molecule has 2 heterocycles. The highest BCUT2D eigenvalue weighted by Crippen LogP contribution is 2.27. The van der Waals surface area contributed by atoms with E-state index >= 15 is 0 Å². The zero-order valence-corrected chi connectivity index (χ0v) is 17.6. The molecule has 0 saturated carbocycles. The molecule has 0 radical (unpaired) electrons. The lowest BCUT2D eigenvalue weighted by Gasteiger charge is -2.27. The fraction of sp³-hybridized carbons (Fsp3) is 0.400. The number of hydrogen-bond acceptors (Lipinski definition) is 6. The lowest BCUT2D eigenvalue weighted by molar-refractivity contribution is 0.0938. The molecule has 2 N–H and O–H groups in total. The van der Waals surface area contributed by atoms with E-state index in [1.165, 1.54) is 42.0 Å². The van der Waals surface area contributed by atoms with E-state index in [0.717, 1.165) is 13.1 Å². The van der Waals surface area contributed by atoms with Gasteiger partial charge in [-0.2, -0.15) is 5.26 Å². The molecule has 1 fully saturated rings. The first-order chi connectivity index (χ1) is 14.0. The Labute approximate surface area is 175 Å². The number of sulfonamides is 1. The van der Waals surface area contributed by atoms with Gasteiger partial charge in [0.25, 0.3) is 5.91 Å². The highest BCUT2D eigenvalue weighted by atomic mass is 32.2. The van der Waals surface area contributed by atoms with Gasteiger partial charge in [-0.05, 0) is 61.6 Å². The Bertz CT molecular complexity index is 945. The lowest BCUT2D eigenvalue weighted by Crippen LogP contribution is -2.36. The maximum absolute atomic E-state index is 12.6. The summed E-state index contributed by atoms with van der Waals surface area (Å²) in [6.45, 7) is 2.63. The normalized spacial score (nSPS) is 15.7. The Hall–Kier alpha value is -2.25. The summed E-state index contributed by atoms with van der Waals surface area (Å²) in [7, 11) is -3.68. The summed E-state index contributed by atoms with van der Waals surface area (Å²) < 4.78 is 26.7. The largest absolute Gasteiger partial charge is 0.350 e. The van der Waals surface area contributed by atoms with E-state index in [-0.39, 0.29) is 29.8 Å². The van der Waals surface area contributed by atoms with Gasteiger partial charge in [0.2, 0.25) is 10.0 Å². The number of thiophene rings is 1. The van der Waals surface area contributed by atoms with Crippen molar-refractivity contribution in [1.29, 1.82) is 5.26 Å². The minimum Gasteiger partial charge on any atom is -0.350 e. The average molecular weight is 433 g/mol. The van der Waals surface area contributed by atoms with Crippen LogP contribution >= 0.6 is 11.3 Å². The van der Waals surface area contributed by atoms with Gasteiger partial charge >= 0.3 is 0 Å². The lowest BCUT2D eigenvalue weighted by atomic mass is 10.2. The molecule has 2 aromatic rings. The van der Waals surface area contributed by atoms with Crippen LogP contribution in [0.2, 0.25) is 0 Å². The van der Waals surface area contributed by atoms with Crippen molar-refractivity contribution in [2.75, 3.05) is 26.2 Å². The molecule has 1 amide bonds. The molecule has 7 nitrogen and oxygen atoms in total. The van der Waals surface area contributed by atoms with E-state index in [1.54, 1.807) is 11.3 Å². The highest BCUT2D eigenvalue weighted by Gasteiger charge is 2.25. The van der Waals surface area contributed by atoms with Crippen molar-refractivity contribution < 1.29 is 13.2 Å². The molecule has 9 heteroatoms. The molecule has 0 aliphatic carbocycles. The van der Waals surface area contributed by atoms with Crippen LogP contribution < -0.4 is 10.0 Å². The first-order valence-electron chi connectivity index (χ1n) is 9.53. The van der Waals surface area contributed by atoms with Gasteiger partial charge in [0, 0.05) is 30.0 Å². The molecule has 1 atom stereocenters. The third-order valence-electron chi connectivity index (χ3n) is 4.86. The number of hydrogen-bond donors (Lipinski definition) is 2. The van der Waals surface area contributed by atoms with Crippen molar-refractivity contribution in [2.45, 2.75) is 30.2 Å². The first kappa shape index (κ1) is 21.5. The van der Waals surface area contributed by atoms with E-state index in [1.807, 2.05) is 17.5 Å². The second kappa shape index (κ2) is 9.98. The number of nitrogens with zero attached hydrogens (tertiary/aromatic N) is 2. The summed E-state index contributed by atoms with van der Waals surface area (Å²) in [5, 5.41) is 13.6. The van der Waals surface area contributed by atoms with Crippen LogP contribution in [-0.2, 0) is 10.0 Å². The Morgan fingerprint density at radius 1 is 1.21 bits per heavy atom. The molecule has 1 aliphatic rings. The van der Waals surface area contributed by atoms with Crippen LogP contribution in [-0.4, -0.2) is 45.4 Å². The zero-order chi connectivity index (χ0) is 20.7. The van der Waals surface area contributed by atoms with E-state index < -0.39 is 10.0 Å². The van der Waals surface area contributed by atoms with E-state index in [0.29, 0.717) is 12.1 Å². The second-order valence-electron chi connectivity index (χ2n) is 6.81. The fourth-order valence-corrected chi connectivity index (χ4v) is 5.24. The molecule has 3 rings (SSSR count). The van der Waals surface area contributed by atoms with E-state index in [9.17, 15) is 13.2 Å². The fourth-order valence-electron chi connectivity index (χ4n) is 3.35. The van der Waals surface area contributed by atoms with Crippen LogP contribution in [0.5, 0.6) is 0 Å². The number of benzene rings is 1. The maximum atomic E-state index is 12.6. The van der Waals surface area contributed by atoms with Crippen molar-refractivity contribution in [3.05, 3.63) is 52.2 Å². The summed E-state index contributed by atoms with van der Waals surface area (Å²) in [6.07, 6.45) is 2.45. The summed E-state index contributed by atoms with van der Waals surface area (Å²) in [5.74, 6) is -0.229. The quantitative estimate of drug-likeness (QED) is 0.593. The Kier molecular flexibility index (Phi) is 7.39. The molecule has 0 spiro atoms. The number of amides is 1. The van der Waals surface area contributed by atoms with Crippen LogP contribution in [0.4, 0.5) is 0 Å². The Morgan fingerprint density at radius 2 is 1.93 bits per heavy atom. The van der Waals surface area contributed by atoms with Crippen molar-refractivity contribution in [3.63, 3.8) is 0 Å². The van der Waals surface area contributed by atoms with Gasteiger partial charge in [-0.1, -0.05) is 6.07 Å². The van der Waals surface area contributed by atoms with E-state index in [4.69, 9.17) is 5.26 Å². The highest BCUT2D eigenvalue weighted by molar-refractivity contribution is 7.89. The summed E-state index contributed by atoms with van der Waals surface area (Å²) in [6, 6.07) is 12.0. The molecule has 1 aromatic carbocycles. The summed E-state index contributed by atoms with van der Waals surface area (Å²) in [4.78, 5) is 16.3. The van der Waals surface area contributed by atoms with Gasteiger partial charge in [-0.15, -0.1) is 11.3 Å². The van der Waals surface area contributed by atoms with Crippen molar-refractivity contribution in [2.24, 2.45) is 0 Å². The zero-order valence-electron chi connectivity index (χ0n) is 16.0. The van der Waals surface area contributed by atoms with Gasteiger partial charge in [0.05, 0.1) is 17.0 Å². The minimum atomic E-state index is -3.68. The number of rotatable bonds is 9. The standard InChI is InChI=1S/C20H24N4O3S2/c21-10-4-11-23-29(26,27)17-8-6-16(7-9-17)20(25)22-15-18(19-5-3-14-28-19)24-12-1-2-13-24/h3,5-9,14,18,23H,1-2,4,11-13,15H2,(H,22,25). The van der Waals surface area contributed by atoms with Gasteiger partial charge in [-0.3, -0.25) is 9.69 Å². The number of carbonyl (C=O) groups is 1. The topological polar surface area (TPSA) is 102 Å². The van der Waals surface area contributed by atoms with Crippen molar-refractivity contribution in [1.82, 2.24) is 14.9 Å². The first-order valence-corrected chi connectivity index (χ1v) is 11.9. The van der Waals surface area contributed by atoms with Gasteiger partial charge in [0.15, 0.2) is 0 Å². The number of carbonyl (C=O) groups excluding carboxylic acids is 1. The molecular weight excluding hydrogens is 408 g/mol. The predicted octanol–water partition coefficient (Wildman–Crippen LogP) is 2.51. The van der Waals surface area contributed by atoms with Gasteiger partial charge < -0.3 is 5.32 Å². The SMILES string of the molecule is N#CCCNS(=O)(=O)c1ccc(C(=O)NCC(c2cccs2)N2CCCC2)cc1. The molecule has 1 saturated heterocycles. The van der Waals surface area contributed by atoms with Crippen LogP contribution in [0.1, 0.15) is 40.5 Å². The molecule has 29 heavy (non-hydrogen) atoms. The molecular formula is C20H24N4O3S2. The van der Waals surface area contributed by atoms with Gasteiger partial charge in [-0.25, -0.2) is 13.1 Å². The predicted molar refractivity (Wildman–Crippen MR) is 112 cm³/mol. The Morgan fingerprint density at radius 3 is 2.55 bits per heavy atom. The third-order valence-corrected chi connectivity index (χ3v) is 7.32. The maximum Gasteiger partial charge on any atom is 0.251 e. The third kappa shape index (κ3) is 5.64. The number of likely N-dealkylation sites (tertiary alicyclic amines) is 1. The Balaban J connectivity index is 1.62. The van der Waals surface area contributed by atoms with Crippen molar-refractivity contribution in [3.8, 4) is 6.07 Å². The summed E-state index contributed by atoms with van der Waals surface area (Å²) in [5.41, 5.74) is 0.410. The molecule has 1 unspecified atom stereocenters. The second-order valence-corrected chi connectivity index (χ2v) is 9.56. The van der Waals surface area contributed by atoms with Crippen LogP contribution in [0, 0.1) is 11.3 Å². The monoisotopic (exact) mass is 432 g/mol. The van der Waals surface area contributed by atoms with Crippen LogP contribution in [0.25, 0.3) is 0 Å². The molecule has 1 aromatic heterocycles. The molecule has 154 valence electrons.